The highest BCUT2D eigenvalue weighted by Crippen LogP contribution is 1.89. The van der Waals surface area contributed by atoms with Gasteiger partial charge in [0.25, 0.3) is 5.65 Å². The third kappa shape index (κ3) is 0.586. The topological polar surface area (TPSA) is 34.1 Å². The maximum Gasteiger partial charge on any atom is 0.286 e. The van der Waals surface area contributed by atoms with E-state index in [1.807, 2.05) is 31.4 Å². The van der Waals surface area contributed by atoms with Crippen LogP contribution in [-0.2, 0) is 7.05 Å². The van der Waals surface area contributed by atoms with Crippen LogP contribution in [0.4, 0.5) is 0 Å². The summed E-state index contributed by atoms with van der Waals surface area (Å²) in [5.74, 6) is 0. The van der Waals surface area contributed by atoms with Gasteiger partial charge in [-0.15, -0.1) is 4.68 Å². The first-order valence-electron chi connectivity index (χ1n) is 3.04. The van der Waals surface area contributed by atoms with Gasteiger partial charge in [-0.25, -0.2) is 0 Å². The van der Waals surface area contributed by atoms with Crippen LogP contribution in [0.15, 0.2) is 24.4 Å². The Morgan fingerprint density at radius 3 is 3.20 bits per heavy atom. The Morgan fingerprint density at radius 1 is 1.50 bits per heavy atom. The van der Waals surface area contributed by atoms with Gasteiger partial charge < -0.3 is 0 Å². The van der Waals surface area contributed by atoms with Crippen molar-refractivity contribution < 1.29 is 4.68 Å². The first-order valence-corrected chi connectivity index (χ1v) is 3.04. The SMILES string of the molecule is C[n+]1nnn2ccccc21. The summed E-state index contributed by atoms with van der Waals surface area (Å²) in [6, 6.07) is 5.83. The molecule has 0 unspecified atom stereocenters. The number of hydrogen-bond donors (Lipinski definition) is 0. The minimum Gasteiger partial charge on any atom is -0.136 e. The van der Waals surface area contributed by atoms with E-state index < -0.39 is 0 Å². The second kappa shape index (κ2) is 1.76. The summed E-state index contributed by atoms with van der Waals surface area (Å²) >= 11 is 0. The van der Waals surface area contributed by atoms with Crippen molar-refractivity contribution in [3.8, 4) is 0 Å². The zero-order valence-electron chi connectivity index (χ0n) is 5.60. The molecule has 2 heterocycles. The van der Waals surface area contributed by atoms with Crippen LogP contribution in [0.25, 0.3) is 5.65 Å². The molecule has 0 aromatic carbocycles. The molecule has 0 fully saturated rings. The van der Waals surface area contributed by atoms with E-state index in [4.69, 9.17) is 0 Å². The van der Waals surface area contributed by atoms with Gasteiger partial charge in [-0.3, -0.25) is 0 Å². The third-order valence-corrected chi connectivity index (χ3v) is 1.42. The van der Waals surface area contributed by atoms with Crippen LogP contribution in [0.3, 0.4) is 0 Å². The Balaban J connectivity index is 2.93. The minimum atomic E-state index is 0.988. The Hall–Kier alpha value is -1.45. The quantitative estimate of drug-likeness (QED) is 0.459. The fourth-order valence-corrected chi connectivity index (χ4v) is 0.906. The van der Waals surface area contributed by atoms with Crippen molar-refractivity contribution in [2.75, 3.05) is 0 Å². The van der Waals surface area contributed by atoms with Gasteiger partial charge in [0, 0.05) is 6.07 Å². The van der Waals surface area contributed by atoms with Crippen LogP contribution in [0.5, 0.6) is 0 Å². The lowest BCUT2D eigenvalue weighted by Gasteiger charge is -1.79. The van der Waals surface area contributed by atoms with E-state index in [1.54, 1.807) is 9.20 Å². The Kier molecular flexibility index (Phi) is 0.943. The summed E-state index contributed by atoms with van der Waals surface area (Å²) in [6.07, 6.45) is 1.86. The van der Waals surface area contributed by atoms with Crippen molar-refractivity contribution in [1.82, 2.24) is 14.9 Å². The molecule has 0 bridgehead atoms. The molecule has 0 aliphatic rings. The normalized spacial score (nSPS) is 10.5. The summed E-state index contributed by atoms with van der Waals surface area (Å²) < 4.78 is 3.44. The average Bonchev–Trinajstić information content (AvgIpc) is 2.34. The van der Waals surface area contributed by atoms with Gasteiger partial charge in [0.2, 0.25) is 0 Å². The molecule has 4 nitrogen and oxygen atoms in total. The monoisotopic (exact) mass is 135 g/mol. The standard InChI is InChI=1S/C6H7N4/c1-9-6-4-2-3-5-10(6)8-7-9/h2-5H,1H3/q+1. The van der Waals surface area contributed by atoms with E-state index in [1.165, 1.54) is 0 Å². The predicted molar refractivity (Wildman–Crippen MR) is 34.2 cm³/mol. The number of nitrogens with zero attached hydrogens (tertiary/aromatic N) is 4. The van der Waals surface area contributed by atoms with Crippen LogP contribution in [-0.4, -0.2) is 14.9 Å². The first-order chi connectivity index (χ1) is 4.88. The van der Waals surface area contributed by atoms with Crippen molar-refractivity contribution >= 4 is 5.65 Å². The van der Waals surface area contributed by atoms with Crippen LogP contribution in [0, 0.1) is 0 Å². The molecule has 2 aromatic rings. The predicted octanol–water partition coefficient (Wildman–Crippen LogP) is -0.446. The number of fused-ring (bicyclic) bond motifs is 1. The molecule has 0 saturated heterocycles. The Morgan fingerprint density at radius 2 is 2.40 bits per heavy atom. The van der Waals surface area contributed by atoms with E-state index in [-0.39, 0.29) is 0 Å². The molecule has 4 heteroatoms. The molecule has 10 heavy (non-hydrogen) atoms. The highest BCUT2D eigenvalue weighted by atomic mass is 15.6. The third-order valence-electron chi connectivity index (χ3n) is 1.42. The molecule has 2 aromatic heterocycles. The molecule has 0 spiro atoms. The van der Waals surface area contributed by atoms with Gasteiger partial charge in [-0.1, -0.05) is 10.6 Å². The van der Waals surface area contributed by atoms with Gasteiger partial charge >= 0.3 is 0 Å². The molecule has 0 N–H and O–H groups in total. The first kappa shape index (κ1) is 5.34. The molecular formula is C6H7N4+. The number of hydrogen-bond acceptors (Lipinski definition) is 2. The minimum absolute atomic E-state index is 0.988. The lowest BCUT2D eigenvalue weighted by Crippen LogP contribution is -2.30. The summed E-state index contributed by atoms with van der Waals surface area (Å²) in [6.45, 7) is 0. The number of pyridine rings is 1. The lowest BCUT2D eigenvalue weighted by molar-refractivity contribution is -0.707. The van der Waals surface area contributed by atoms with Crippen molar-refractivity contribution in [3.63, 3.8) is 0 Å². The molecule has 2 rings (SSSR count). The van der Waals surface area contributed by atoms with E-state index in [2.05, 4.69) is 10.4 Å². The molecule has 0 aliphatic carbocycles. The van der Waals surface area contributed by atoms with Crippen molar-refractivity contribution in [1.29, 1.82) is 0 Å². The Bertz CT molecular complexity index is 351. The fraction of sp³-hybridized carbons (Fsp3) is 0.167. The number of aryl methyl sites for hydroxylation is 1. The van der Waals surface area contributed by atoms with E-state index >= 15 is 0 Å². The van der Waals surface area contributed by atoms with Gasteiger partial charge in [0.15, 0.2) is 5.21 Å². The van der Waals surface area contributed by atoms with Gasteiger partial charge in [-0.05, 0) is 6.07 Å². The average molecular weight is 135 g/mol. The molecule has 0 atom stereocenters. The molecule has 50 valence electrons. The fourth-order valence-electron chi connectivity index (χ4n) is 0.906. The van der Waals surface area contributed by atoms with E-state index in [0.717, 1.165) is 5.65 Å². The highest BCUT2D eigenvalue weighted by molar-refractivity contribution is 5.27. The summed E-state index contributed by atoms with van der Waals surface area (Å²) in [5, 5.41) is 7.67. The molecule has 0 radical (unpaired) electrons. The number of rotatable bonds is 0. The largest absolute Gasteiger partial charge is 0.286 e. The number of aromatic nitrogens is 4. The number of tetrazole rings is 1. The van der Waals surface area contributed by atoms with Gasteiger partial charge in [0.05, 0.1) is 7.05 Å². The summed E-state index contributed by atoms with van der Waals surface area (Å²) in [7, 11) is 1.86. The molecule has 0 aliphatic heterocycles. The van der Waals surface area contributed by atoms with Gasteiger partial charge in [-0.2, -0.15) is 0 Å². The zero-order chi connectivity index (χ0) is 6.97. The molecule has 0 amide bonds. The van der Waals surface area contributed by atoms with Crippen molar-refractivity contribution in [2.45, 2.75) is 0 Å². The van der Waals surface area contributed by atoms with E-state index in [9.17, 15) is 0 Å². The smallest absolute Gasteiger partial charge is 0.136 e. The molecular weight excluding hydrogens is 128 g/mol. The maximum absolute atomic E-state index is 3.85. The van der Waals surface area contributed by atoms with E-state index in [0.29, 0.717) is 0 Å². The van der Waals surface area contributed by atoms with Crippen molar-refractivity contribution in [3.05, 3.63) is 24.4 Å². The summed E-state index contributed by atoms with van der Waals surface area (Å²) in [4.78, 5) is 0. The molecule has 0 saturated carbocycles. The van der Waals surface area contributed by atoms with Crippen LogP contribution in [0.1, 0.15) is 0 Å². The van der Waals surface area contributed by atoms with Crippen molar-refractivity contribution in [2.24, 2.45) is 7.05 Å². The second-order valence-corrected chi connectivity index (χ2v) is 2.11. The summed E-state index contributed by atoms with van der Waals surface area (Å²) in [5.41, 5.74) is 0.988. The van der Waals surface area contributed by atoms with Gasteiger partial charge in [0.1, 0.15) is 11.4 Å². The highest BCUT2D eigenvalue weighted by Gasteiger charge is 2.04. The van der Waals surface area contributed by atoms with Crippen LogP contribution >= 0.6 is 0 Å². The van der Waals surface area contributed by atoms with Crippen LogP contribution in [0.2, 0.25) is 0 Å². The maximum atomic E-state index is 3.85. The second-order valence-electron chi connectivity index (χ2n) is 2.11. The van der Waals surface area contributed by atoms with Crippen LogP contribution < -0.4 is 4.68 Å². The lowest BCUT2D eigenvalue weighted by atomic mass is 10.5. The zero-order valence-corrected chi connectivity index (χ0v) is 5.60. The Labute approximate surface area is 57.7 Å².